The van der Waals surface area contributed by atoms with Crippen molar-refractivity contribution in [2.24, 2.45) is 5.73 Å². The molecule has 1 rings (SSSR count). The third-order valence-electron chi connectivity index (χ3n) is 2.49. The molecule has 2 unspecified atom stereocenters. The van der Waals surface area contributed by atoms with Gasteiger partial charge in [-0.05, 0) is 33.8 Å². The molecule has 0 aliphatic rings. The van der Waals surface area contributed by atoms with Gasteiger partial charge in [-0.3, -0.25) is 4.79 Å². The molecule has 1 aromatic rings. The van der Waals surface area contributed by atoms with Crippen LogP contribution in [-0.2, 0) is 9.53 Å². The highest BCUT2D eigenvalue weighted by molar-refractivity contribution is 8.00. The van der Waals surface area contributed by atoms with Gasteiger partial charge in [0.15, 0.2) is 0 Å². The fourth-order valence-electron chi connectivity index (χ4n) is 1.76. The SMILES string of the molecule is CC(N)C(SCC(=O)OC(C)(C)C)c1ccccc1F. The van der Waals surface area contributed by atoms with Crippen LogP contribution < -0.4 is 5.73 Å². The van der Waals surface area contributed by atoms with E-state index in [9.17, 15) is 9.18 Å². The van der Waals surface area contributed by atoms with Gasteiger partial charge in [-0.15, -0.1) is 11.8 Å². The van der Waals surface area contributed by atoms with Crippen LogP contribution in [0, 0.1) is 5.82 Å². The first kappa shape index (κ1) is 17.0. The van der Waals surface area contributed by atoms with E-state index < -0.39 is 5.60 Å². The van der Waals surface area contributed by atoms with E-state index in [1.54, 1.807) is 25.1 Å². The minimum Gasteiger partial charge on any atom is -0.459 e. The van der Waals surface area contributed by atoms with Gasteiger partial charge in [0.25, 0.3) is 0 Å². The number of thioether (sulfide) groups is 1. The summed E-state index contributed by atoms with van der Waals surface area (Å²) < 4.78 is 19.1. The van der Waals surface area contributed by atoms with Crippen LogP contribution in [0.2, 0.25) is 0 Å². The third-order valence-corrected chi connectivity index (χ3v) is 3.93. The van der Waals surface area contributed by atoms with Crippen molar-refractivity contribution in [2.45, 2.75) is 44.6 Å². The number of esters is 1. The van der Waals surface area contributed by atoms with Crippen molar-refractivity contribution in [1.82, 2.24) is 0 Å². The first-order valence-electron chi connectivity index (χ1n) is 6.54. The molecule has 0 aromatic heterocycles. The molecule has 112 valence electrons. The Hall–Kier alpha value is -1.07. The lowest BCUT2D eigenvalue weighted by Crippen LogP contribution is -2.27. The predicted octanol–water partition coefficient (Wildman–Crippen LogP) is 3.29. The number of nitrogens with two attached hydrogens (primary N) is 1. The van der Waals surface area contributed by atoms with Crippen LogP contribution in [0.15, 0.2) is 24.3 Å². The maximum atomic E-state index is 13.8. The minimum absolute atomic E-state index is 0.151. The van der Waals surface area contributed by atoms with Gasteiger partial charge in [-0.1, -0.05) is 18.2 Å². The lowest BCUT2D eigenvalue weighted by molar-refractivity contribution is -0.151. The molecule has 3 nitrogen and oxygen atoms in total. The summed E-state index contributed by atoms with van der Waals surface area (Å²) in [6, 6.07) is 6.24. The van der Waals surface area contributed by atoms with Crippen LogP contribution in [0.3, 0.4) is 0 Å². The molecule has 0 saturated carbocycles. The highest BCUT2D eigenvalue weighted by Gasteiger charge is 2.23. The van der Waals surface area contributed by atoms with Crippen molar-refractivity contribution in [1.29, 1.82) is 0 Å². The summed E-state index contributed by atoms with van der Waals surface area (Å²) in [7, 11) is 0. The maximum Gasteiger partial charge on any atom is 0.316 e. The fourth-order valence-corrected chi connectivity index (χ4v) is 2.81. The minimum atomic E-state index is -0.514. The van der Waals surface area contributed by atoms with E-state index in [4.69, 9.17) is 10.5 Å². The Morgan fingerprint density at radius 2 is 2.00 bits per heavy atom. The van der Waals surface area contributed by atoms with Crippen LogP contribution >= 0.6 is 11.8 Å². The standard InChI is InChI=1S/C15H22FNO2S/c1-10(17)14(11-7-5-6-8-12(11)16)20-9-13(18)19-15(2,3)4/h5-8,10,14H,9,17H2,1-4H3. The van der Waals surface area contributed by atoms with E-state index in [0.717, 1.165) is 0 Å². The summed E-state index contributed by atoms with van der Waals surface area (Å²) >= 11 is 1.31. The molecule has 0 heterocycles. The molecule has 0 fully saturated rings. The molecule has 0 amide bonds. The molecular weight excluding hydrogens is 277 g/mol. The van der Waals surface area contributed by atoms with E-state index in [2.05, 4.69) is 0 Å². The summed E-state index contributed by atoms with van der Waals surface area (Å²) in [4.78, 5) is 11.7. The number of hydrogen-bond donors (Lipinski definition) is 1. The summed E-state index contributed by atoms with van der Waals surface area (Å²) in [6.45, 7) is 7.25. The topological polar surface area (TPSA) is 52.3 Å². The number of rotatable bonds is 5. The lowest BCUT2D eigenvalue weighted by atomic mass is 10.1. The number of halogens is 1. The molecule has 5 heteroatoms. The Kier molecular flexibility index (Phi) is 6.02. The van der Waals surface area contributed by atoms with E-state index in [0.29, 0.717) is 5.56 Å². The van der Waals surface area contributed by atoms with Crippen molar-refractivity contribution in [3.8, 4) is 0 Å². The zero-order chi connectivity index (χ0) is 15.3. The van der Waals surface area contributed by atoms with E-state index in [-0.39, 0.29) is 28.8 Å². The summed E-state index contributed by atoms with van der Waals surface area (Å²) in [5, 5.41) is -0.274. The second kappa shape index (κ2) is 7.09. The van der Waals surface area contributed by atoms with Gasteiger partial charge < -0.3 is 10.5 Å². The summed E-state index contributed by atoms with van der Waals surface area (Å²) in [5.41, 5.74) is 5.92. The van der Waals surface area contributed by atoms with Crippen molar-refractivity contribution >= 4 is 17.7 Å². The number of carbonyl (C=O) groups is 1. The van der Waals surface area contributed by atoms with Gasteiger partial charge in [-0.25, -0.2) is 4.39 Å². The molecule has 0 aliphatic carbocycles. The second-order valence-corrected chi connectivity index (χ2v) is 6.83. The van der Waals surface area contributed by atoms with Gasteiger partial charge in [0.1, 0.15) is 11.4 Å². The number of hydrogen-bond acceptors (Lipinski definition) is 4. The Labute approximate surface area is 124 Å². The van der Waals surface area contributed by atoms with Crippen molar-refractivity contribution < 1.29 is 13.9 Å². The maximum absolute atomic E-state index is 13.8. The number of carbonyl (C=O) groups excluding carboxylic acids is 1. The molecule has 2 N–H and O–H groups in total. The van der Waals surface area contributed by atoms with Crippen molar-refractivity contribution in [2.75, 3.05) is 5.75 Å². The molecule has 2 atom stereocenters. The first-order valence-corrected chi connectivity index (χ1v) is 7.59. The van der Waals surface area contributed by atoms with E-state index in [1.165, 1.54) is 17.8 Å². The van der Waals surface area contributed by atoms with E-state index >= 15 is 0 Å². The second-order valence-electron chi connectivity index (χ2n) is 5.70. The first-order chi connectivity index (χ1) is 9.20. The predicted molar refractivity (Wildman–Crippen MR) is 81.1 cm³/mol. The molecule has 0 saturated heterocycles. The monoisotopic (exact) mass is 299 g/mol. The highest BCUT2D eigenvalue weighted by atomic mass is 32.2. The number of ether oxygens (including phenoxy) is 1. The third kappa shape index (κ3) is 5.51. The molecule has 20 heavy (non-hydrogen) atoms. The lowest BCUT2D eigenvalue weighted by Gasteiger charge is -2.23. The molecular formula is C15H22FNO2S. The van der Waals surface area contributed by atoms with Gasteiger partial charge in [0, 0.05) is 16.9 Å². The molecule has 1 aromatic carbocycles. The zero-order valence-electron chi connectivity index (χ0n) is 12.4. The van der Waals surface area contributed by atoms with Gasteiger partial charge >= 0.3 is 5.97 Å². The average molecular weight is 299 g/mol. The molecule has 0 spiro atoms. The van der Waals surface area contributed by atoms with Crippen LogP contribution in [0.25, 0.3) is 0 Å². The average Bonchev–Trinajstić information content (AvgIpc) is 2.28. The Balaban J connectivity index is 2.71. The van der Waals surface area contributed by atoms with Gasteiger partial charge in [0.2, 0.25) is 0 Å². The van der Waals surface area contributed by atoms with Gasteiger partial charge in [0.05, 0.1) is 5.75 Å². The van der Waals surface area contributed by atoms with E-state index in [1.807, 2.05) is 20.8 Å². The van der Waals surface area contributed by atoms with Crippen molar-refractivity contribution in [3.05, 3.63) is 35.6 Å². The Morgan fingerprint density at radius 3 is 2.50 bits per heavy atom. The van der Waals surface area contributed by atoms with Gasteiger partial charge in [-0.2, -0.15) is 0 Å². The normalized spacial score (nSPS) is 14.7. The Morgan fingerprint density at radius 1 is 1.40 bits per heavy atom. The Bertz CT molecular complexity index is 457. The fraction of sp³-hybridized carbons (Fsp3) is 0.533. The van der Waals surface area contributed by atoms with Crippen LogP contribution in [0.5, 0.6) is 0 Å². The van der Waals surface area contributed by atoms with Crippen LogP contribution in [0.4, 0.5) is 4.39 Å². The smallest absolute Gasteiger partial charge is 0.316 e. The highest BCUT2D eigenvalue weighted by Crippen LogP contribution is 2.33. The molecule has 0 bridgehead atoms. The zero-order valence-corrected chi connectivity index (χ0v) is 13.2. The van der Waals surface area contributed by atoms with Crippen molar-refractivity contribution in [3.63, 3.8) is 0 Å². The molecule has 0 aliphatic heterocycles. The number of benzene rings is 1. The molecule has 0 radical (unpaired) electrons. The summed E-state index contributed by atoms with van der Waals surface area (Å²) in [6.07, 6.45) is 0. The van der Waals surface area contributed by atoms with Crippen LogP contribution in [0.1, 0.15) is 38.5 Å². The summed E-state index contributed by atoms with van der Waals surface area (Å²) in [5.74, 6) is -0.464. The largest absolute Gasteiger partial charge is 0.459 e. The quantitative estimate of drug-likeness (QED) is 0.848. The van der Waals surface area contributed by atoms with Crippen LogP contribution in [-0.4, -0.2) is 23.4 Å².